The van der Waals surface area contributed by atoms with Gasteiger partial charge in [-0.1, -0.05) is 30.3 Å². The number of carbonyl (C=O) groups excluding carboxylic acids is 2. The van der Waals surface area contributed by atoms with Crippen LogP contribution in [0.5, 0.6) is 11.5 Å². The van der Waals surface area contributed by atoms with Crippen molar-refractivity contribution in [1.29, 1.82) is 0 Å². The van der Waals surface area contributed by atoms with Gasteiger partial charge in [0.25, 0.3) is 0 Å². The summed E-state index contributed by atoms with van der Waals surface area (Å²) in [5, 5.41) is 0. The Balaban J connectivity index is 1.96. The molecule has 0 radical (unpaired) electrons. The molecule has 1 heterocycles. The Labute approximate surface area is 183 Å². The zero-order valence-electron chi connectivity index (χ0n) is 19.0. The van der Waals surface area contributed by atoms with E-state index in [4.69, 9.17) is 18.9 Å². The van der Waals surface area contributed by atoms with Crippen molar-refractivity contribution in [2.75, 3.05) is 14.2 Å². The maximum atomic E-state index is 12.4. The predicted octanol–water partition coefficient (Wildman–Crippen LogP) is 4.24. The first kappa shape index (κ1) is 22.7. The summed E-state index contributed by atoms with van der Waals surface area (Å²) >= 11 is 0. The molecule has 0 fully saturated rings. The van der Waals surface area contributed by atoms with Crippen molar-refractivity contribution in [1.82, 2.24) is 0 Å². The molecule has 1 atom stereocenters. The van der Waals surface area contributed by atoms with E-state index < -0.39 is 23.5 Å². The molecule has 1 aliphatic heterocycles. The lowest BCUT2D eigenvalue weighted by Gasteiger charge is -2.40. The van der Waals surface area contributed by atoms with Gasteiger partial charge < -0.3 is 18.9 Å². The molecule has 0 bridgehead atoms. The van der Waals surface area contributed by atoms with Gasteiger partial charge in [0.05, 0.1) is 14.2 Å². The summed E-state index contributed by atoms with van der Waals surface area (Å²) in [5.74, 6) is -0.929. The van der Waals surface area contributed by atoms with Gasteiger partial charge in [0.1, 0.15) is 23.7 Å². The zero-order valence-corrected chi connectivity index (χ0v) is 19.0. The van der Waals surface area contributed by atoms with Crippen molar-refractivity contribution in [2.24, 2.45) is 5.92 Å². The minimum atomic E-state index is -1.16. The summed E-state index contributed by atoms with van der Waals surface area (Å²) in [6.07, 6.45) is 1.11. The Kier molecular flexibility index (Phi) is 6.58. The van der Waals surface area contributed by atoms with E-state index in [2.05, 4.69) is 0 Å². The monoisotopic (exact) mass is 426 g/mol. The molecule has 0 saturated heterocycles. The molecular weight excluding hydrogens is 396 g/mol. The third-order valence-corrected chi connectivity index (χ3v) is 6.23. The smallest absolute Gasteiger partial charge is 0.324 e. The lowest BCUT2D eigenvalue weighted by atomic mass is 9.79. The zero-order chi connectivity index (χ0) is 22.8. The number of carbonyl (C=O) groups is 2. The maximum Gasteiger partial charge on any atom is 0.324 e. The maximum absolute atomic E-state index is 12.4. The number of hydrogen-bond acceptors (Lipinski definition) is 6. The third-order valence-electron chi connectivity index (χ3n) is 6.23. The van der Waals surface area contributed by atoms with Crippen molar-refractivity contribution < 1.29 is 28.5 Å². The predicted molar refractivity (Wildman–Crippen MR) is 116 cm³/mol. The molecule has 0 unspecified atom stereocenters. The fourth-order valence-electron chi connectivity index (χ4n) is 4.23. The van der Waals surface area contributed by atoms with Crippen LogP contribution in [0.3, 0.4) is 0 Å². The lowest BCUT2D eigenvalue weighted by molar-refractivity contribution is -0.169. The Bertz CT molecular complexity index is 965. The van der Waals surface area contributed by atoms with Crippen LogP contribution in [0.2, 0.25) is 0 Å². The molecule has 6 nitrogen and oxygen atoms in total. The van der Waals surface area contributed by atoms with Crippen LogP contribution in [0.25, 0.3) is 0 Å². The summed E-state index contributed by atoms with van der Waals surface area (Å²) in [5.41, 5.74) is 4.00. The van der Waals surface area contributed by atoms with Gasteiger partial charge >= 0.3 is 11.9 Å². The standard InChI is InChI=1S/C25H30O6/c1-15-16(2)22-19(17(3)21(15)30-14-18-10-8-7-9-11-18)12-13-25(4,31-22)20(23(26)28-5)24(27)29-6/h7-11,20H,12-14H2,1-6H3/t25-/m1/s1. The summed E-state index contributed by atoms with van der Waals surface area (Å²) in [7, 11) is 2.52. The van der Waals surface area contributed by atoms with E-state index in [0.717, 1.165) is 33.6 Å². The van der Waals surface area contributed by atoms with Crippen LogP contribution in [-0.4, -0.2) is 31.8 Å². The Hall–Kier alpha value is -3.02. The van der Waals surface area contributed by atoms with Gasteiger partial charge in [-0.15, -0.1) is 0 Å². The molecule has 166 valence electrons. The highest BCUT2D eigenvalue weighted by Gasteiger charge is 2.50. The summed E-state index contributed by atoms with van der Waals surface area (Å²) < 4.78 is 22.3. The Morgan fingerprint density at radius 2 is 1.61 bits per heavy atom. The summed E-state index contributed by atoms with van der Waals surface area (Å²) in [6, 6.07) is 10.0. The number of ether oxygens (including phenoxy) is 4. The second-order valence-corrected chi connectivity index (χ2v) is 8.18. The summed E-state index contributed by atoms with van der Waals surface area (Å²) in [4.78, 5) is 24.8. The van der Waals surface area contributed by atoms with Gasteiger partial charge in [0.2, 0.25) is 0 Å². The molecule has 0 aromatic heterocycles. The molecule has 0 saturated carbocycles. The van der Waals surface area contributed by atoms with Crippen LogP contribution in [-0.2, 0) is 32.1 Å². The molecule has 2 aromatic rings. The second kappa shape index (κ2) is 9.00. The molecule has 6 heteroatoms. The SMILES string of the molecule is COC(=O)C(C(=O)OC)[C@@]1(C)CCc2c(C)c(OCc3ccccc3)c(C)c(C)c2O1. The third kappa shape index (κ3) is 4.24. The number of benzene rings is 2. The first-order chi connectivity index (χ1) is 14.7. The fraction of sp³-hybridized carbons (Fsp3) is 0.440. The van der Waals surface area contributed by atoms with E-state index in [-0.39, 0.29) is 0 Å². The average molecular weight is 427 g/mol. The molecule has 2 aromatic carbocycles. The number of methoxy groups -OCH3 is 2. The lowest BCUT2D eigenvalue weighted by Crippen LogP contribution is -2.51. The quantitative estimate of drug-likeness (QED) is 0.508. The highest BCUT2D eigenvalue weighted by Crippen LogP contribution is 2.46. The van der Waals surface area contributed by atoms with Crippen LogP contribution in [0.4, 0.5) is 0 Å². The van der Waals surface area contributed by atoms with Gasteiger partial charge in [-0.2, -0.15) is 0 Å². The normalized spacial score (nSPS) is 17.5. The minimum Gasteiger partial charge on any atom is -0.488 e. The van der Waals surface area contributed by atoms with Gasteiger partial charge in [0, 0.05) is 5.56 Å². The largest absolute Gasteiger partial charge is 0.488 e. The van der Waals surface area contributed by atoms with E-state index in [1.165, 1.54) is 14.2 Å². The number of hydrogen-bond donors (Lipinski definition) is 0. The van der Waals surface area contributed by atoms with Crippen LogP contribution in [0, 0.1) is 26.7 Å². The van der Waals surface area contributed by atoms with E-state index in [0.29, 0.717) is 25.2 Å². The Morgan fingerprint density at radius 1 is 1.00 bits per heavy atom. The van der Waals surface area contributed by atoms with E-state index in [1.54, 1.807) is 6.92 Å². The first-order valence-corrected chi connectivity index (χ1v) is 10.4. The van der Waals surface area contributed by atoms with Gasteiger partial charge in [-0.3, -0.25) is 9.59 Å². The highest BCUT2D eigenvalue weighted by atomic mass is 16.6. The molecule has 0 spiro atoms. The molecule has 0 amide bonds. The second-order valence-electron chi connectivity index (χ2n) is 8.18. The molecule has 31 heavy (non-hydrogen) atoms. The molecular formula is C25H30O6. The Morgan fingerprint density at radius 3 is 2.19 bits per heavy atom. The fourth-order valence-corrected chi connectivity index (χ4v) is 4.23. The van der Waals surface area contributed by atoms with Crippen LogP contribution < -0.4 is 9.47 Å². The molecule has 0 aliphatic carbocycles. The van der Waals surface area contributed by atoms with E-state index in [9.17, 15) is 9.59 Å². The minimum absolute atomic E-state index is 0.469. The number of rotatable bonds is 6. The summed E-state index contributed by atoms with van der Waals surface area (Å²) in [6.45, 7) is 8.23. The van der Waals surface area contributed by atoms with E-state index >= 15 is 0 Å². The molecule has 1 aliphatic rings. The van der Waals surface area contributed by atoms with Crippen molar-refractivity contribution in [2.45, 2.75) is 52.7 Å². The molecule has 3 rings (SSSR count). The topological polar surface area (TPSA) is 71.1 Å². The first-order valence-electron chi connectivity index (χ1n) is 10.4. The van der Waals surface area contributed by atoms with Crippen LogP contribution >= 0.6 is 0 Å². The van der Waals surface area contributed by atoms with Gasteiger partial charge in [0.15, 0.2) is 5.92 Å². The van der Waals surface area contributed by atoms with Crippen LogP contribution in [0.15, 0.2) is 30.3 Å². The average Bonchev–Trinajstić information content (AvgIpc) is 2.77. The van der Waals surface area contributed by atoms with Gasteiger partial charge in [-0.25, -0.2) is 0 Å². The van der Waals surface area contributed by atoms with Crippen molar-refractivity contribution in [3.8, 4) is 11.5 Å². The van der Waals surface area contributed by atoms with Crippen molar-refractivity contribution in [3.63, 3.8) is 0 Å². The van der Waals surface area contributed by atoms with Crippen molar-refractivity contribution >= 4 is 11.9 Å². The van der Waals surface area contributed by atoms with Gasteiger partial charge in [-0.05, 0) is 62.8 Å². The number of esters is 2. The number of fused-ring (bicyclic) bond motifs is 1. The van der Waals surface area contributed by atoms with Crippen LogP contribution in [0.1, 0.15) is 41.2 Å². The molecule has 0 N–H and O–H groups in total. The highest BCUT2D eigenvalue weighted by molar-refractivity contribution is 5.96. The van der Waals surface area contributed by atoms with E-state index in [1.807, 2.05) is 51.1 Å². The van der Waals surface area contributed by atoms with Crippen molar-refractivity contribution in [3.05, 3.63) is 58.1 Å².